The molecule has 106 valence electrons. The van der Waals surface area contributed by atoms with Crippen LogP contribution in [0.1, 0.15) is 29.3 Å². The van der Waals surface area contributed by atoms with Crippen molar-refractivity contribution < 1.29 is 9.21 Å². The van der Waals surface area contributed by atoms with E-state index in [1.165, 1.54) is 6.26 Å². The first-order chi connectivity index (χ1) is 9.63. The predicted molar refractivity (Wildman–Crippen MR) is 82.3 cm³/mol. The molecular formula is C15H17BrN2O2. The highest BCUT2D eigenvalue weighted by Crippen LogP contribution is 2.21. The molecule has 0 bridgehead atoms. The van der Waals surface area contributed by atoms with Crippen molar-refractivity contribution in [3.63, 3.8) is 0 Å². The fraction of sp³-hybridized carbons (Fsp3) is 0.267. The van der Waals surface area contributed by atoms with Gasteiger partial charge in [-0.2, -0.15) is 0 Å². The molecule has 1 aromatic carbocycles. The Bertz CT molecular complexity index is 595. The number of anilines is 1. The molecule has 1 heterocycles. The van der Waals surface area contributed by atoms with Crippen LogP contribution in [0.5, 0.6) is 0 Å². The molecule has 0 aliphatic carbocycles. The topological polar surface area (TPSA) is 59.5 Å². The molecule has 20 heavy (non-hydrogen) atoms. The van der Waals surface area contributed by atoms with Crippen LogP contribution in [0.4, 0.5) is 5.69 Å². The zero-order valence-corrected chi connectivity index (χ0v) is 12.9. The fourth-order valence-electron chi connectivity index (χ4n) is 2.02. The maximum Gasteiger partial charge on any atom is 0.258 e. The summed E-state index contributed by atoms with van der Waals surface area (Å²) in [5, 5.41) is 0. The smallest absolute Gasteiger partial charge is 0.258 e. The third kappa shape index (κ3) is 3.22. The summed E-state index contributed by atoms with van der Waals surface area (Å²) >= 11 is 3.25. The minimum absolute atomic E-state index is 0.0595. The van der Waals surface area contributed by atoms with Gasteiger partial charge in [-0.3, -0.25) is 4.79 Å². The Morgan fingerprint density at radius 1 is 1.35 bits per heavy atom. The van der Waals surface area contributed by atoms with E-state index >= 15 is 0 Å². The largest absolute Gasteiger partial charge is 0.457 e. The number of nitrogen functional groups attached to an aromatic ring is 1. The number of carbonyl (C=O) groups is 1. The highest BCUT2D eigenvalue weighted by Gasteiger charge is 2.20. The van der Waals surface area contributed by atoms with E-state index in [1.807, 2.05) is 31.2 Å². The zero-order chi connectivity index (χ0) is 14.5. The van der Waals surface area contributed by atoms with Crippen LogP contribution in [0, 0.1) is 0 Å². The lowest BCUT2D eigenvalue weighted by molar-refractivity contribution is 0.0741. The predicted octanol–water partition coefficient (Wildman–Crippen LogP) is 3.68. The summed E-state index contributed by atoms with van der Waals surface area (Å²) < 4.78 is 5.59. The molecule has 2 rings (SSSR count). The van der Waals surface area contributed by atoms with Crippen LogP contribution in [-0.2, 0) is 6.54 Å². The molecule has 2 aromatic rings. The number of nitrogens with zero attached hydrogens (tertiary/aromatic N) is 1. The van der Waals surface area contributed by atoms with Gasteiger partial charge in [0, 0.05) is 18.8 Å². The molecule has 0 aliphatic heterocycles. The molecule has 1 aromatic heterocycles. The van der Waals surface area contributed by atoms with Gasteiger partial charge in [0.2, 0.25) is 0 Å². The van der Waals surface area contributed by atoms with Crippen LogP contribution in [0.25, 0.3) is 0 Å². The van der Waals surface area contributed by atoms with Crippen molar-refractivity contribution in [1.29, 1.82) is 0 Å². The first-order valence-corrected chi connectivity index (χ1v) is 7.28. The van der Waals surface area contributed by atoms with Gasteiger partial charge in [0.05, 0.1) is 11.8 Å². The number of benzene rings is 1. The van der Waals surface area contributed by atoms with Crippen LogP contribution in [0.15, 0.2) is 45.7 Å². The maximum absolute atomic E-state index is 12.5. The van der Waals surface area contributed by atoms with Crippen molar-refractivity contribution in [3.8, 4) is 0 Å². The minimum atomic E-state index is -0.0595. The van der Waals surface area contributed by atoms with Gasteiger partial charge in [-0.1, -0.05) is 25.1 Å². The Kier molecular flexibility index (Phi) is 4.84. The summed E-state index contributed by atoms with van der Waals surface area (Å²) in [4.78, 5) is 14.3. The number of hydrogen-bond acceptors (Lipinski definition) is 3. The van der Waals surface area contributed by atoms with Gasteiger partial charge >= 0.3 is 0 Å². The number of hydrogen-bond donors (Lipinski definition) is 1. The van der Waals surface area contributed by atoms with Crippen molar-refractivity contribution >= 4 is 27.5 Å². The second kappa shape index (κ2) is 6.61. The third-order valence-corrected chi connectivity index (χ3v) is 3.66. The van der Waals surface area contributed by atoms with Gasteiger partial charge < -0.3 is 15.1 Å². The van der Waals surface area contributed by atoms with Crippen LogP contribution in [0.3, 0.4) is 0 Å². The molecule has 1 amide bonds. The number of nitrogens with two attached hydrogens (primary N) is 1. The summed E-state index contributed by atoms with van der Waals surface area (Å²) in [5.74, 6) is -0.0595. The first kappa shape index (κ1) is 14.7. The Hall–Kier alpha value is -1.75. The summed E-state index contributed by atoms with van der Waals surface area (Å²) in [6.45, 7) is 3.21. The molecule has 0 aliphatic rings. The molecule has 0 atom stereocenters. The van der Waals surface area contributed by atoms with E-state index in [1.54, 1.807) is 11.0 Å². The highest BCUT2D eigenvalue weighted by atomic mass is 79.9. The number of halogens is 1. The molecule has 0 radical (unpaired) electrons. The van der Waals surface area contributed by atoms with Crippen molar-refractivity contribution in [3.05, 3.63) is 52.4 Å². The van der Waals surface area contributed by atoms with Crippen LogP contribution in [0.2, 0.25) is 0 Å². The number of carbonyl (C=O) groups excluding carboxylic acids is 1. The quantitative estimate of drug-likeness (QED) is 0.847. The van der Waals surface area contributed by atoms with Crippen molar-refractivity contribution in [2.75, 3.05) is 12.3 Å². The lowest BCUT2D eigenvalue weighted by Crippen LogP contribution is -2.31. The van der Waals surface area contributed by atoms with E-state index in [9.17, 15) is 4.79 Å². The standard InChI is InChI=1S/C15H17BrN2O2/c1-2-8-18(10-11-5-3-4-6-13(11)17)15(19)12-7-9-20-14(12)16/h3-7,9H,2,8,10,17H2,1H3. The first-order valence-electron chi connectivity index (χ1n) is 6.49. The molecule has 0 spiro atoms. The molecule has 0 saturated carbocycles. The summed E-state index contributed by atoms with van der Waals surface area (Å²) in [7, 11) is 0. The second-order valence-electron chi connectivity index (χ2n) is 4.53. The van der Waals surface area contributed by atoms with E-state index in [0.717, 1.165) is 12.0 Å². The molecule has 0 fully saturated rings. The van der Waals surface area contributed by atoms with Crippen molar-refractivity contribution in [2.45, 2.75) is 19.9 Å². The molecule has 0 saturated heterocycles. The lowest BCUT2D eigenvalue weighted by Gasteiger charge is -2.22. The summed E-state index contributed by atoms with van der Waals surface area (Å²) in [6.07, 6.45) is 2.38. The fourth-order valence-corrected chi connectivity index (χ4v) is 2.43. The minimum Gasteiger partial charge on any atom is -0.457 e. The van der Waals surface area contributed by atoms with E-state index in [-0.39, 0.29) is 5.91 Å². The number of rotatable bonds is 5. The number of amides is 1. The maximum atomic E-state index is 12.5. The van der Waals surface area contributed by atoms with Gasteiger partial charge in [0.25, 0.3) is 5.91 Å². The summed E-state index contributed by atoms with van der Waals surface area (Å²) in [5.41, 5.74) is 8.14. The van der Waals surface area contributed by atoms with Crippen LogP contribution >= 0.6 is 15.9 Å². The molecule has 5 heteroatoms. The molecule has 4 nitrogen and oxygen atoms in total. The Morgan fingerprint density at radius 3 is 2.70 bits per heavy atom. The van der Waals surface area contributed by atoms with E-state index in [0.29, 0.717) is 29.0 Å². The van der Waals surface area contributed by atoms with Crippen molar-refractivity contribution in [2.24, 2.45) is 0 Å². The van der Waals surface area contributed by atoms with E-state index in [2.05, 4.69) is 15.9 Å². The molecule has 2 N–H and O–H groups in total. The Balaban J connectivity index is 2.21. The van der Waals surface area contributed by atoms with Gasteiger partial charge in [0.1, 0.15) is 0 Å². The second-order valence-corrected chi connectivity index (χ2v) is 5.25. The number of para-hydroxylation sites is 1. The average Bonchev–Trinajstić information content (AvgIpc) is 2.86. The molecule has 0 unspecified atom stereocenters. The lowest BCUT2D eigenvalue weighted by atomic mass is 10.1. The van der Waals surface area contributed by atoms with Gasteiger partial charge in [-0.15, -0.1) is 0 Å². The summed E-state index contributed by atoms with van der Waals surface area (Å²) in [6, 6.07) is 9.27. The Morgan fingerprint density at radius 2 is 2.10 bits per heavy atom. The number of furan rings is 1. The third-order valence-electron chi connectivity index (χ3n) is 3.05. The van der Waals surface area contributed by atoms with Crippen LogP contribution < -0.4 is 5.73 Å². The zero-order valence-electron chi connectivity index (χ0n) is 11.3. The van der Waals surface area contributed by atoms with Crippen molar-refractivity contribution in [1.82, 2.24) is 4.90 Å². The van der Waals surface area contributed by atoms with E-state index < -0.39 is 0 Å². The highest BCUT2D eigenvalue weighted by molar-refractivity contribution is 9.10. The van der Waals surface area contributed by atoms with Crippen LogP contribution in [-0.4, -0.2) is 17.4 Å². The van der Waals surface area contributed by atoms with Gasteiger partial charge in [-0.05, 0) is 40.0 Å². The molecular weight excluding hydrogens is 320 g/mol. The Labute approximate surface area is 126 Å². The average molecular weight is 337 g/mol. The monoisotopic (exact) mass is 336 g/mol. The van der Waals surface area contributed by atoms with Gasteiger partial charge in [-0.25, -0.2) is 0 Å². The SMILES string of the molecule is CCCN(Cc1ccccc1N)C(=O)c1ccoc1Br. The van der Waals surface area contributed by atoms with E-state index in [4.69, 9.17) is 10.2 Å². The normalized spacial score (nSPS) is 10.5. The van der Waals surface area contributed by atoms with Gasteiger partial charge in [0.15, 0.2) is 4.67 Å².